The summed E-state index contributed by atoms with van der Waals surface area (Å²) in [5.41, 5.74) is 5.78. The molecule has 0 aromatic carbocycles. The van der Waals surface area contributed by atoms with Gasteiger partial charge in [0, 0.05) is 16.6 Å². The molecule has 108 valence electrons. The molecule has 2 amide bonds. The van der Waals surface area contributed by atoms with Gasteiger partial charge in [-0.25, -0.2) is 4.98 Å². The number of nitrogens with one attached hydrogen (secondary N) is 1. The van der Waals surface area contributed by atoms with Crippen molar-refractivity contribution in [3.8, 4) is 0 Å². The smallest absolute Gasteiger partial charge is 0.280 e. The number of carbonyl (C=O) groups is 2. The second-order valence-corrected chi connectivity index (χ2v) is 7.06. The van der Waals surface area contributed by atoms with Gasteiger partial charge in [0.2, 0.25) is 5.91 Å². The molecule has 0 aliphatic heterocycles. The molecule has 0 spiro atoms. The third kappa shape index (κ3) is 2.12. The van der Waals surface area contributed by atoms with Gasteiger partial charge in [0.15, 0.2) is 5.01 Å². The van der Waals surface area contributed by atoms with Gasteiger partial charge in [0.25, 0.3) is 5.91 Å². The van der Waals surface area contributed by atoms with E-state index in [1.807, 2.05) is 12.3 Å². The third-order valence-electron chi connectivity index (χ3n) is 4.78. The lowest BCUT2D eigenvalue weighted by atomic mass is 9.72. The summed E-state index contributed by atoms with van der Waals surface area (Å²) < 4.78 is 0. The van der Waals surface area contributed by atoms with Gasteiger partial charge in [0.05, 0.1) is 5.41 Å². The Morgan fingerprint density at radius 3 is 2.80 bits per heavy atom. The van der Waals surface area contributed by atoms with E-state index in [2.05, 4.69) is 10.3 Å². The molecule has 0 saturated heterocycles. The summed E-state index contributed by atoms with van der Waals surface area (Å²) in [6, 6.07) is 0. The quantitative estimate of drug-likeness (QED) is 0.890. The minimum absolute atomic E-state index is 0.120. The number of hydrogen-bond acceptors (Lipinski definition) is 4. The number of aromatic nitrogens is 1. The number of hydrogen-bond donors (Lipinski definition) is 2. The van der Waals surface area contributed by atoms with Crippen LogP contribution in [0.25, 0.3) is 0 Å². The van der Waals surface area contributed by atoms with Gasteiger partial charge in [0.1, 0.15) is 0 Å². The first kappa shape index (κ1) is 13.5. The lowest BCUT2D eigenvalue weighted by Crippen LogP contribution is -2.51. The molecule has 0 radical (unpaired) electrons. The van der Waals surface area contributed by atoms with Gasteiger partial charge in [-0.2, -0.15) is 0 Å². The lowest BCUT2D eigenvalue weighted by molar-refractivity contribution is -0.128. The highest BCUT2D eigenvalue weighted by Crippen LogP contribution is 2.53. The molecule has 3 N–H and O–H groups in total. The number of amides is 2. The SMILES string of the molecule is Cc1csc(C(=O)N[C@@]23CCC[C@@](C(N)=O)(CC2)C3)n1. The van der Waals surface area contributed by atoms with E-state index in [1.54, 1.807) is 0 Å². The minimum Gasteiger partial charge on any atom is -0.369 e. The van der Waals surface area contributed by atoms with Gasteiger partial charge in [-0.05, 0) is 39.0 Å². The van der Waals surface area contributed by atoms with Gasteiger partial charge in [-0.1, -0.05) is 6.42 Å². The second kappa shape index (κ2) is 4.55. The van der Waals surface area contributed by atoms with Crippen LogP contribution in [0.3, 0.4) is 0 Å². The summed E-state index contributed by atoms with van der Waals surface area (Å²) in [7, 11) is 0. The summed E-state index contributed by atoms with van der Waals surface area (Å²) in [6.07, 6.45) is 5.05. The average Bonchev–Trinajstić information content (AvgIpc) is 2.93. The molecule has 6 heteroatoms. The zero-order valence-corrected chi connectivity index (χ0v) is 12.4. The molecule has 2 atom stereocenters. The third-order valence-corrected chi connectivity index (χ3v) is 5.74. The number of primary amides is 1. The molecule has 20 heavy (non-hydrogen) atoms. The van der Waals surface area contributed by atoms with Crippen molar-refractivity contribution >= 4 is 23.2 Å². The van der Waals surface area contributed by atoms with Crippen LogP contribution in [0.2, 0.25) is 0 Å². The van der Waals surface area contributed by atoms with E-state index in [0.29, 0.717) is 11.4 Å². The molecule has 2 aliphatic rings. The van der Waals surface area contributed by atoms with Crippen LogP contribution in [0.4, 0.5) is 0 Å². The Hall–Kier alpha value is -1.43. The normalized spacial score (nSPS) is 32.0. The van der Waals surface area contributed by atoms with Crippen LogP contribution in [0.15, 0.2) is 5.38 Å². The fourth-order valence-corrected chi connectivity index (χ4v) is 4.44. The van der Waals surface area contributed by atoms with E-state index >= 15 is 0 Å². The Kier molecular flexibility index (Phi) is 3.08. The van der Waals surface area contributed by atoms with Crippen molar-refractivity contribution < 1.29 is 9.59 Å². The van der Waals surface area contributed by atoms with E-state index < -0.39 is 5.41 Å². The largest absolute Gasteiger partial charge is 0.369 e. The lowest BCUT2D eigenvalue weighted by Gasteiger charge is -2.38. The Balaban J connectivity index is 1.77. The van der Waals surface area contributed by atoms with Crippen LogP contribution >= 0.6 is 11.3 Å². The number of rotatable bonds is 3. The summed E-state index contributed by atoms with van der Waals surface area (Å²) in [5.74, 6) is -0.330. The second-order valence-electron chi connectivity index (χ2n) is 6.20. The zero-order valence-electron chi connectivity index (χ0n) is 11.6. The standard InChI is InChI=1S/C14H19N3O2S/c1-9-7-20-11(16-9)10(18)17-14-4-2-3-13(8-14,5-6-14)12(15)19/h7H,2-6,8H2,1H3,(H2,15,19)(H,17,18)/t13-,14+/m1/s1. The Morgan fingerprint density at radius 1 is 1.35 bits per heavy atom. The van der Waals surface area contributed by atoms with Crippen LogP contribution < -0.4 is 11.1 Å². The molecule has 1 heterocycles. The summed E-state index contributed by atoms with van der Waals surface area (Å²) >= 11 is 1.36. The molecule has 1 aromatic rings. The van der Waals surface area contributed by atoms with E-state index in [-0.39, 0.29) is 17.4 Å². The molecule has 2 saturated carbocycles. The summed E-state index contributed by atoms with van der Waals surface area (Å²) in [4.78, 5) is 28.3. The number of fused-ring (bicyclic) bond motifs is 2. The van der Waals surface area contributed by atoms with E-state index in [1.165, 1.54) is 11.3 Å². The molecular formula is C14H19N3O2S. The fourth-order valence-electron chi connectivity index (χ4n) is 3.75. The van der Waals surface area contributed by atoms with Gasteiger partial charge >= 0.3 is 0 Å². The maximum Gasteiger partial charge on any atom is 0.280 e. The van der Waals surface area contributed by atoms with Crippen LogP contribution in [0, 0.1) is 12.3 Å². The molecular weight excluding hydrogens is 274 g/mol. The van der Waals surface area contributed by atoms with Crippen molar-refractivity contribution in [2.75, 3.05) is 0 Å². The molecule has 3 rings (SSSR count). The number of aryl methyl sites for hydroxylation is 1. The Morgan fingerprint density at radius 2 is 2.15 bits per heavy atom. The Bertz CT molecular complexity index is 571. The number of nitrogens with zero attached hydrogens (tertiary/aromatic N) is 1. The van der Waals surface area contributed by atoms with E-state index in [4.69, 9.17) is 5.73 Å². The number of carbonyl (C=O) groups excluding carboxylic acids is 2. The van der Waals surface area contributed by atoms with Gasteiger partial charge in [-0.15, -0.1) is 11.3 Å². The fraction of sp³-hybridized carbons (Fsp3) is 0.643. The highest BCUT2D eigenvalue weighted by atomic mass is 32.1. The highest BCUT2D eigenvalue weighted by Gasteiger charge is 2.54. The highest BCUT2D eigenvalue weighted by molar-refractivity contribution is 7.11. The Labute approximate surface area is 122 Å². The van der Waals surface area contributed by atoms with Crippen LogP contribution in [0.5, 0.6) is 0 Å². The number of thiazole rings is 1. The van der Waals surface area contributed by atoms with Gasteiger partial charge < -0.3 is 11.1 Å². The average molecular weight is 293 g/mol. The predicted molar refractivity (Wildman–Crippen MR) is 76.4 cm³/mol. The predicted octanol–water partition coefficient (Wildman–Crippen LogP) is 1.76. The monoisotopic (exact) mass is 293 g/mol. The maximum absolute atomic E-state index is 12.3. The van der Waals surface area contributed by atoms with Gasteiger partial charge in [-0.3, -0.25) is 9.59 Å². The van der Waals surface area contributed by atoms with Crippen molar-refractivity contribution in [3.63, 3.8) is 0 Å². The molecule has 2 aliphatic carbocycles. The van der Waals surface area contributed by atoms with Crippen molar-refractivity contribution in [1.82, 2.24) is 10.3 Å². The molecule has 5 nitrogen and oxygen atoms in total. The topological polar surface area (TPSA) is 85.1 Å². The van der Waals surface area contributed by atoms with Crippen LogP contribution in [0.1, 0.15) is 54.0 Å². The molecule has 0 unspecified atom stereocenters. The van der Waals surface area contributed by atoms with Crippen molar-refractivity contribution in [2.24, 2.45) is 11.1 Å². The van der Waals surface area contributed by atoms with Crippen LogP contribution in [-0.4, -0.2) is 22.3 Å². The summed E-state index contributed by atoms with van der Waals surface area (Å²) in [5, 5.41) is 5.50. The molecule has 2 fully saturated rings. The van der Waals surface area contributed by atoms with Crippen molar-refractivity contribution in [3.05, 3.63) is 16.1 Å². The maximum atomic E-state index is 12.3. The molecule has 1 aromatic heterocycles. The van der Waals surface area contributed by atoms with Crippen LogP contribution in [-0.2, 0) is 4.79 Å². The first-order valence-corrected chi connectivity index (χ1v) is 7.87. The van der Waals surface area contributed by atoms with E-state index in [0.717, 1.165) is 37.8 Å². The van der Waals surface area contributed by atoms with E-state index in [9.17, 15) is 9.59 Å². The van der Waals surface area contributed by atoms with Crippen molar-refractivity contribution in [1.29, 1.82) is 0 Å². The molecule has 2 bridgehead atoms. The zero-order chi connectivity index (χ0) is 14.4. The number of nitrogens with two attached hydrogens (primary N) is 1. The summed E-state index contributed by atoms with van der Waals surface area (Å²) in [6.45, 7) is 1.87. The first-order chi connectivity index (χ1) is 9.45. The first-order valence-electron chi connectivity index (χ1n) is 6.99. The van der Waals surface area contributed by atoms with Crippen molar-refractivity contribution in [2.45, 2.75) is 51.0 Å². The minimum atomic E-state index is -0.398.